The van der Waals surface area contributed by atoms with E-state index in [0.29, 0.717) is 16.6 Å². The zero-order valence-corrected chi connectivity index (χ0v) is 22.2. The highest BCUT2D eigenvalue weighted by Crippen LogP contribution is 2.40. The molecule has 1 N–H and O–H groups in total. The van der Waals surface area contributed by atoms with Crippen LogP contribution in [0, 0.1) is 5.92 Å². The molecule has 194 valence electrons. The Morgan fingerprint density at radius 1 is 1.00 bits per heavy atom. The van der Waals surface area contributed by atoms with Gasteiger partial charge < -0.3 is 10.1 Å². The van der Waals surface area contributed by atoms with E-state index in [0.717, 1.165) is 41.4 Å². The van der Waals surface area contributed by atoms with Crippen molar-refractivity contribution in [2.75, 3.05) is 11.9 Å². The summed E-state index contributed by atoms with van der Waals surface area (Å²) in [7, 11) is 0. The zero-order chi connectivity index (χ0) is 26.3. The second-order valence-electron chi connectivity index (χ2n) is 9.62. The summed E-state index contributed by atoms with van der Waals surface area (Å²) in [5.74, 6) is 0.813. The van der Waals surface area contributed by atoms with Crippen LogP contribution in [0.5, 0.6) is 5.75 Å². The van der Waals surface area contributed by atoms with Crippen molar-refractivity contribution >= 4 is 46.2 Å². The van der Waals surface area contributed by atoms with E-state index in [1.165, 1.54) is 18.2 Å². The summed E-state index contributed by atoms with van der Waals surface area (Å²) in [5.41, 5.74) is 2.46. The van der Waals surface area contributed by atoms with E-state index in [9.17, 15) is 9.59 Å². The molecule has 1 saturated heterocycles. The molecule has 3 aromatic rings. The van der Waals surface area contributed by atoms with Gasteiger partial charge in [0.15, 0.2) is 11.8 Å². The highest BCUT2D eigenvalue weighted by atomic mass is 32.2. The number of hydrogen-bond acceptors (Lipinski definition) is 5. The van der Waals surface area contributed by atoms with Crippen LogP contribution in [0.2, 0.25) is 0 Å². The van der Waals surface area contributed by atoms with Gasteiger partial charge in [0.2, 0.25) is 0 Å². The molecule has 1 heterocycles. The number of nitrogens with zero attached hydrogens (tertiary/aromatic N) is 2. The van der Waals surface area contributed by atoms with E-state index in [-0.39, 0.29) is 24.5 Å². The SMILES string of the molecule is C[C@@H]1CCCC[C@@H]1N1C(=O)/C(=C/c2ccc(OCC(=O)Nc3ccccc3)cc2)SC1=Nc1ccccc1. The summed E-state index contributed by atoms with van der Waals surface area (Å²) in [5, 5.41) is 3.55. The molecule has 1 aliphatic heterocycles. The summed E-state index contributed by atoms with van der Waals surface area (Å²) in [6.45, 7) is 2.15. The average Bonchev–Trinajstić information content (AvgIpc) is 3.23. The Labute approximate surface area is 227 Å². The second kappa shape index (κ2) is 12.1. The lowest BCUT2D eigenvalue weighted by Crippen LogP contribution is -2.44. The monoisotopic (exact) mass is 525 g/mol. The Hall–Kier alpha value is -3.84. The molecular weight excluding hydrogens is 494 g/mol. The molecule has 0 bridgehead atoms. The topological polar surface area (TPSA) is 71.0 Å². The molecule has 2 aliphatic rings. The largest absolute Gasteiger partial charge is 0.484 e. The summed E-state index contributed by atoms with van der Waals surface area (Å²) >= 11 is 1.43. The Bertz CT molecular complexity index is 1320. The number of carbonyl (C=O) groups excluding carboxylic acids is 2. The number of hydrogen-bond donors (Lipinski definition) is 1. The molecule has 1 aliphatic carbocycles. The average molecular weight is 526 g/mol. The van der Waals surface area contributed by atoms with E-state index in [4.69, 9.17) is 9.73 Å². The first kappa shape index (κ1) is 25.8. The minimum absolute atomic E-state index is 0.0151. The van der Waals surface area contributed by atoms with E-state index < -0.39 is 0 Å². The third-order valence-corrected chi connectivity index (χ3v) is 7.80. The van der Waals surface area contributed by atoms with Gasteiger partial charge in [-0.3, -0.25) is 14.5 Å². The lowest BCUT2D eigenvalue weighted by molar-refractivity contribution is -0.125. The number of benzene rings is 3. The van der Waals surface area contributed by atoms with Crippen molar-refractivity contribution < 1.29 is 14.3 Å². The molecule has 0 unspecified atom stereocenters. The third-order valence-electron chi connectivity index (χ3n) is 6.82. The maximum Gasteiger partial charge on any atom is 0.267 e. The lowest BCUT2D eigenvalue weighted by Gasteiger charge is -2.35. The number of aliphatic imine (C=N–C) groups is 1. The molecule has 5 rings (SSSR count). The minimum atomic E-state index is -0.224. The zero-order valence-electron chi connectivity index (χ0n) is 21.4. The third kappa shape index (κ3) is 6.34. The molecule has 6 nitrogen and oxygen atoms in total. The van der Waals surface area contributed by atoms with Gasteiger partial charge in [-0.05, 0) is 78.6 Å². The Kier molecular flexibility index (Phi) is 8.24. The van der Waals surface area contributed by atoms with Crippen LogP contribution in [0.25, 0.3) is 6.08 Å². The van der Waals surface area contributed by atoms with Gasteiger partial charge in [0.25, 0.3) is 11.8 Å². The minimum Gasteiger partial charge on any atom is -0.484 e. The van der Waals surface area contributed by atoms with Gasteiger partial charge in [0.05, 0.1) is 10.6 Å². The number of rotatable bonds is 7. The van der Waals surface area contributed by atoms with Gasteiger partial charge in [-0.2, -0.15) is 0 Å². The van der Waals surface area contributed by atoms with Crippen molar-refractivity contribution in [1.29, 1.82) is 0 Å². The predicted octanol–water partition coefficient (Wildman–Crippen LogP) is 6.89. The first-order chi connectivity index (χ1) is 18.6. The van der Waals surface area contributed by atoms with Crippen LogP contribution >= 0.6 is 11.8 Å². The van der Waals surface area contributed by atoms with Crippen LogP contribution in [0.15, 0.2) is 94.8 Å². The quantitative estimate of drug-likeness (QED) is 0.341. The van der Waals surface area contributed by atoms with E-state index in [2.05, 4.69) is 12.2 Å². The van der Waals surface area contributed by atoms with Crippen molar-refractivity contribution in [3.05, 3.63) is 95.4 Å². The van der Waals surface area contributed by atoms with Crippen LogP contribution in [0.3, 0.4) is 0 Å². The first-order valence-corrected chi connectivity index (χ1v) is 13.8. The van der Waals surface area contributed by atoms with Gasteiger partial charge in [-0.15, -0.1) is 0 Å². The molecular formula is C31H31N3O3S. The maximum absolute atomic E-state index is 13.6. The van der Waals surface area contributed by atoms with Crippen molar-refractivity contribution in [3.63, 3.8) is 0 Å². The fourth-order valence-electron chi connectivity index (χ4n) is 4.83. The van der Waals surface area contributed by atoms with Crippen LogP contribution in [-0.2, 0) is 9.59 Å². The number of anilines is 1. The molecule has 7 heteroatoms. The number of amidine groups is 1. The van der Waals surface area contributed by atoms with Crippen molar-refractivity contribution in [3.8, 4) is 5.75 Å². The first-order valence-electron chi connectivity index (χ1n) is 13.0. The Balaban J connectivity index is 1.29. The van der Waals surface area contributed by atoms with E-state index in [1.807, 2.05) is 95.9 Å². The van der Waals surface area contributed by atoms with Gasteiger partial charge in [-0.25, -0.2) is 4.99 Å². The Morgan fingerprint density at radius 2 is 1.68 bits per heavy atom. The number of amides is 2. The molecule has 2 fully saturated rings. The standard InChI is InChI=1S/C31H31N3O3S/c1-22-10-8-9-15-27(22)34-30(36)28(38-31(34)33-25-13-6-3-7-14-25)20-23-16-18-26(19-17-23)37-21-29(35)32-24-11-4-2-5-12-24/h2-7,11-14,16-20,22,27H,8-10,15,21H2,1H3,(H,32,35)/b28-20-,33-31?/t22-,27+/m1/s1. The van der Waals surface area contributed by atoms with Gasteiger partial charge in [0.1, 0.15) is 5.75 Å². The summed E-state index contributed by atoms with van der Waals surface area (Å²) in [6.07, 6.45) is 6.38. The van der Waals surface area contributed by atoms with Crippen LogP contribution in [0.4, 0.5) is 11.4 Å². The van der Waals surface area contributed by atoms with Gasteiger partial charge in [0, 0.05) is 11.7 Å². The van der Waals surface area contributed by atoms with Gasteiger partial charge in [-0.1, -0.05) is 68.3 Å². The molecule has 2 amide bonds. The van der Waals surface area contributed by atoms with E-state index >= 15 is 0 Å². The second-order valence-corrected chi connectivity index (χ2v) is 10.6. The van der Waals surface area contributed by atoms with E-state index in [1.54, 1.807) is 0 Å². The van der Waals surface area contributed by atoms with Gasteiger partial charge >= 0.3 is 0 Å². The summed E-state index contributed by atoms with van der Waals surface area (Å²) < 4.78 is 5.65. The van der Waals surface area contributed by atoms with Crippen molar-refractivity contribution in [2.45, 2.75) is 38.6 Å². The van der Waals surface area contributed by atoms with Crippen LogP contribution in [-0.4, -0.2) is 34.5 Å². The number of thioether (sulfide) groups is 1. The lowest BCUT2D eigenvalue weighted by atomic mass is 9.85. The molecule has 3 aromatic carbocycles. The predicted molar refractivity (Wildman–Crippen MR) is 154 cm³/mol. The van der Waals surface area contributed by atoms with Crippen molar-refractivity contribution in [2.24, 2.45) is 10.9 Å². The fraction of sp³-hybridized carbons (Fsp3) is 0.258. The number of nitrogens with one attached hydrogen (secondary N) is 1. The number of para-hydroxylation sites is 2. The highest BCUT2D eigenvalue weighted by molar-refractivity contribution is 8.18. The summed E-state index contributed by atoms with van der Waals surface area (Å²) in [4.78, 5) is 33.2. The molecule has 0 radical (unpaired) electrons. The molecule has 0 spiro atoms. The normalized spacial score (nSPS) is 21.6. The molecule has 1 saturated carbocycles. The summed E-state index contributed by atoms with van der Waals surface area (Å²) in [6, 6.07) is 26.7. The fourth-order valence-corrected chi connectivity index (χ4v) is 5.87. The highest BCUT2D eigenvalue weighted by Gasteiger charge is 2.41. The molecule has 38 heavy (non-hydrogen) atoms. The molecule has 0 aromatic heterocycles. The number of ether oxygens (including phenoxy) is 1. The number of carbonyl (C=O) groups is 2. The van der Waals surface area contributed by atoms with Crippen molar-refractivity contribution in [1.82, 2.24) is 4.90 Å². The Morgan fingerprint density at radius 3 is 2.39 bits per heavy atom. The van der Waals surface area contributed by atoms with Crippen LogP contribution in [0.1, 0.15) is 38.2 Å². The maximum atomic E-state index is 13.6. The smallest absolute Gasteiger partial charge is 0.267 e. The molecule has 2 atom stereocenters. The van der Waals surface area contributed by atoms with Crippen LogP contribution < -0.4 is 10.1 Å².